The minimum absolute atomic E-state index is 0.0566. The number of cyclic esters (lactones) is 1. The Labute approximate surface area is 191 Å². The van der Waals surface area contributed by atoms with Gasteiger partial charge in [-0.2, -0.15) is 0 Å². The maximum atomic E-state index is 12.0. The number of carbonyl (C=O) groups is 2. The van der Waals surface area contributed by atoms with E-state index in [9.17, 15) is 19.8 Å². The zero-order valence-electron chi connectivity index (χ0n) is 19.6. The Morgan fingerprint density at radius 2 is 1.62 bits per heavy atom. The molecule has 32 heavy (non-hydrogen) atoms. The molecule has 9 heteroatoms. The highest BCUT2D eigenvalue weighted by atomic mass is 16.6. The van der Waals surface area contributed by atoms with E-state index in [1.54, 1.807) is 0 Å². The number of hydrogen-bond donors (Lipinski definition) is 3. The molecule has 0 aromatic rings. The van der Waals surface area contributed by atoms with Gasteiger partial charge < -0.3 is 34.3 Å². The summed E-state index contributed by atoms with van der Waals surface area (Å²) in [6, 6.07) is 0. The van der Waals surface area contributed by atoms with Crippen LogP contribution in [0.25, 0.3) is 0 Å². The van der Waals surface area contributed by atoms with Crippen LogP contribution < -0.4 is 0 Å². The Morgan fingerprint density at radius 3 is 2.31 bits per heavy atom. The van der Waals surface area contributed by atoms with Gasteiger partial charge in [-0.05, 0) is 12.8 Å². The summed E-state index contributed by atoms with van der Waals surface area (Å²) in [4.78, 5) is 23.5. The number of unbranched alkanes of at least 4 members (excludes halogenated alkanes) is 6. The van der Waals surface area contributed by atoms with E-state index in [0.717, 1.165) is 25.7 Å². The Morgan fingerprint density at radius 1 is 0.938 bits per heavy atom. The molecule has 5 atom stereocenters. The Balaban J connectivity index is 2.42. The van der Waals surface area contributed by atoms with Crippen LogP contribution in [0.1, 0.15) is 71.6 Å². The van der Waals surface area contributed by atoms with Crippen molar-refractivity contribution in [2.45, 2.75) is 102 Å². The molecule has 1 fully saturated rings. The number of Topliss-reactive ketones (excluding diaryl/α,β-unsaturated/α-hetero) is 1. The molecule has 1 aliphatic heterocycles. The van der Waals surface area contributed by atoms with Crippen molar-refractivity contribution in [3.05, 3.63) is 0 Å². The number of ether oxygens (including phenoxy) is 4. The van der Waals surface area contributed by atoms with Gasteiger partial charge in [-0.3, -0.25) is 4.79 Å². The van der Waals surface area contributed by atoms with Crippen LogP contribution in [0.2, 0.25) is 0 Å². The van der Waals surface area contributed by atoms with Crippen molar-refractivity contribution in [2.75, 3.05) is 33.0 Å². The number of esters is 1. The van der Waals surface area contributed by atoms with E-state index in [-0.39, 0.29) is 19.8 Å². The maximum Gasteiger partial charge on any atom is 0.378 e. The minimum Gasteiger partial charge on any atom is -0.450 e. The molecule has 0 aromatic carbocycles. The zero-order valence-corrected chi connectivity index (χ0v) is 19.6. The van der Waals surface area contributed by atoms with Crippen molar-refractivity contribution in [1.29, 1.82) is 0 Å². The molecule has 0 aromatic heterocycles. The van der Waals surface area contributed by atoms with Gasteiger partial charge in [0, 0.05) is 6.61 Å². The van der Waals surface area contributed by atoms with E-state index in [0.29, 0.717) is 13.0 Å². The smallest absolute Gasteiger partial charge is 0.378 e. The summed E-state index contributed by atoms with van der Waals surface area (Å²) < 4.78 is 21.8. The first-order chi connectivity index (χ1) is 15.4. The number of carbonyl (C=O) groups excluding carboxylic acids is 2. The largest absolute Gasteiger partial charge is 0.450 e. The summed E-state index contributed by atoms with van der Waals surface area (Å²) in [5.41, 5.74) is 0. The second-order valence-corrected chi connectivity index (χ2v) is 8.33. The summed E-state index contributed by atoms with van der Waals surface area (Å²) in [5.74, 6) is -1.99. The molecular formula is C23H42O9. The fourth-order valence-corrected chi connectivity index (χ4v) is 3.39. The average Bonchev–Trinajstić information content (AvgIpc) is 3.07. The number of aliphatic hydroxyl groups excluding tert-OH is 3. The third kappa shape index (κ3) is 11.2. The van der Waals surface area contributed by atoms with Gasteiger partial charge in [0.15, 0.2) is 12.2 Å². The van der Waals surface area contributed by atoms with Gasteiger partial charge >= 0.3 is 5.97 Å². The van der Waals surface area contributed by atoms with Gasteiger partial charge in [0.25, 0.3) is 5.78 Å². The van der Waals surface area contributed by atoms with Gasteiger partial charge in [0.05, 0.1) is 32.5 Å². The molecule has 188 valence electrons. The first-order valence-electron chi connectivity index (χ1n) is 12.0. The summed E-state index contributed by atoms with van der Waals surface area (Å²) in [6.07, 6.45) is 4.36. The quantitative estimate of drug-likeness (QED) is 0.140. The highest BCUT2D eigenvalue weighted by Gasteiger charge is 2.48. The second-order valence-electron chi connectivity index (χ2n) is 8.33. The lowest BCUT2D eigenvalue weighted by Crippen LogP contribution is -2.42. The van der Waals surface area contributed by atoms with E-state index in [1.165, 1.54) is 25.7 Å². The third-order valence-corrected chi connectivity index (χ3v) is 5.39. The van der Waals surface area contributed by atoms with E-state index in [1.807, 2.05) is 6.92 Å². The summed E-state index contributed by atoms with van der Waals surface area (Å²) in [5, 5.41) is 29.0. The third-order valence-electron chi connectivity index (χ3n) is 5.39. The van der Waals surface area contributed by atoms with E-state index < -0.39 is 48.9 Å². The molecular weight excluding hydrogens is 420 g/mol. The second kappa shape index (κ2) is 17.4. The molecule has 0 aliphatic carbocycles. The number of ketones is 1. The standard InChI is InChI=1S/C23H42O9/c1-3-5-7-8-9-10-11-17(25)14-29-15-18(30-12-6-4-2)16-31-22-20(27)23(28)32-21(22)19(26)13-24/h17-19,21-22,24-26H,3-16H2,1-2H3/t17?,18?,19-,21+,22?/m0/s1. The molecule has 3 unspecified atom stereocenters. The van der Waals surface area contributed by atoms with Gasteiger partial charge in [-0.15, -0.1) is 0 Å². The molecule has 3 N–H and O–H groups in total. The molecule has 1 aliphatic rings. The fourth-order valence-electron chi connectivity index (χ4n) is 3.39. The van der Waals surface area contributed by atoms with Crippen molar-refractivity contribution in [3.63, 3.8) is 0 Å². The summed E-state index contributed by atoms with van der Waals surface area (Å²) in [6.45, 7) is 4.30. The number of aliphatic hydroxyl groups is 3. The van der Waals surface area contributed by atoms with Crippen LogP contribution in [0.4, 0.5) is 0 Å². The van der Waals surface area contributed by atoms with Gasteiger partial charge in [-0.25, -0.2) is 4.79 Å². The van der Waals surface area contributed by atoms with Crippen LogP contribution in [-0.4, -0.2) is 90.6 Å². The monoisotopic (exact) mass is 462 g/mol. The molecule has 9 nitrogen and oxygen atoms in total. The molecule has 0 saturated carbocycles. The molecule has 1 heterocycles. The first-order valence-corrected chi connectivity index (χ1v) is 12.0. The predicted octanol–water partition coefficient (Wildman–Crippen LogP) is 1.53. The zero-order chi connectivity index (χ0) is 23.8. The summed E-state index contributed by atoms with van der Waals surface area (Å²) >= 11 is 0. The molecule has 1 rings (SSSR count). The van der Waals surface area contributed by atoms with Crippen molar-refractivity contribution in [1.82, 2.24) is 0 Å². The van der Waals surface area contributed by atoms with Gasteiger partial charge in [0.2, 0.25) is 0 Å². The Bertz CT molecular complexity index is 514. The minimum atomic E-state index is -1.41. The van der Waals surface area contributed by atoms with Crippen molar-refractivity contribution in [2.24, 2.45) is 0 Å². The molecule has 0 radical (unpaired) electrons. The number of rotatable bonds is 20. The lowest BCUT2D eigenvalue weighted by molar-refractivity contribution is -0.152. The van der Waals surface area contributed by atoms with E-state index in [4.69, 9.17) is 24.1 Å². The Hall–Kier alpha value is -1.10. The molecule has 1 saturated heterocycles. The SMILES string of the molecule is CCCCCCCCC(O)COCC(COC1C(=O)C(=O)O[C@@H]1[C@@H](O)CO)OCCCC. The van der Waals surface area contributed by atoms with Crippen molar-refractivity contribution >= 4 is 11.8 Å². The van der Waals surface area contributed by atoms with E-state index in [2.05, 4.69) is 6.92 Å². The lowest BCUT2D eigenvalue weighted by Gasteiger charge is -2.24. The highest BCUT2D eigenvalue weighted by molar-refractivity contribution is 6.37. The van der Waals surface area contributed by atoms with Crippen LogP contribution in [0.3, 0.4) is 0 Å². The topological polar surface area (TPSA) is 132 Å². The fraction of sp³-hybridized carbons (Fsp3) is 0.913. The molecule has 0 spiro atoms. The molecule has 0 bridgehead atoms. The van der Waals surface area contributed by atoms with Crippen molar-refractivity contribution in [3.8, 4) is 0 Å². The van der Waals surface area contributed by atoms with E-state index >= 15 is 0 Å². The van der Waals surface area contributed by atoms with Crippen LogP contribution in [0.5, 0.6) is 0 Å². The van der Waals surface area contributed by atoms with Crippen LogP contribution in [-0.2, 0) is 28.5 Å². The van der Waals surface area contributed by atoms with Crippen LogP contribution >= 0.6 is 0 Å². The normalized spacial score (nSPS) is 21.5. The first kappa shape index (κ1) is 28.9. The van der Waals surface area contributed by atoms with Crippen LogP contribution in [0.15, 0.2) is 0 Å². The Kier molecular flexibility index (Phi) is 15.7. The number of hydrogen-bond acceptors (Lipinski definition) is 9. The summed E-state index contributed by atoms with van der Waals surface area (Å²) in [7, 11) is 0. The molecule has 0 amide bonds. The average molecular weight is 463 g/mol. The predicted molar refractivity (Wildman–Crippen MR) is 117 cm³/mol. The van der Waals surface area contributed by atoms with Gasteiger partial charge in [-0.1, -0.05) is 58.8 Å². The van der Waals surface area contributed by atoms with Crippen molar-refractivity contribution < 1.29 is 43.9 Å². The lowest BCUT2D eigenvalue weighted by atomic mass is 10.1. The highest BCUT2D eigenvalue weighted by Crippen LogP contribution is 2.19. The maximum absolute atomic E-state index is 12.0. The van der Waals surface area contributed by atoms with Gasteiger partial charge in [0.1, 0.15) is 12.2 Å². The van der Waals surface area contributed by atoms with Crippen LogP contribution in [0, 0.1) is 0 Å².